The molecule has 148 valence electrons. The Morgan fingerprint density at radius 1 is 1.15 bits per heavy atom. The molecule has 4 heteroatoms. The van der Waals surface area contributed by atoms with E-state index in [0.29, 0.717) is 13.2 Å². The number of aliphatic hydroxyl groups excluding tert-OH is 2. The number of hydrogen-bond acceptors (Lipinski definition) is 4. The summed E-state index contributed by atoms with van der Waals surface area (Å²) in [5, 5.41) is 20.8. The summed E-state index contributed by atoms with van der Waals surface area (Å²) in [4.78, 5) is 0. The minimum absolute atomic E-state index is 0.0907. The molecule has 0 radical (unpaired) electrons. The van der Waals surface area contributed by atoms with Gasteiger partial charge in [0, 0.05) is 11.3 Å². The molecule has 1 aliphatic heterocycles. The first-order valence-electron chi connectivity index (χ1n) is 10.6. The fourth-order valence-corrected chi connectivity index (χ4v) is 5.77. The molecule has 26 heavy (non-hydrogen) atoms. The third-order valence-electron chi connectivity index (χ3n) is 7.14. The summed E-state index contributed by atoms with van der Waals surface area (Å²) >= 11 is 0. The van der Waals surface area contributed by atoms with E-state index in [4.69, 9.17) is 9.47 Å². The number of ether oxygens (including phenoxy) is 2. The van der Waals surface area contributed by atoms with Crippen LogP contribution >= 0.6 is 0 Å². The number of rotatable bonds is 6. The summed E-state index contributed by atoms with van der Waals surface area (Å²) in [7, 11) is 0. The lowest BCUT2D eigenvalue weighted by molar-refractivity contribution is -0.380. The smallest absolute Gasteiger partial charge is 0.176 e. The van der Waals surface area contributed by atoms with Crippen LogP contribution in [0.5, 0.6) is 0 Å². The Labute approximate surface area is 158 Å². The van der Waals surface area contributed by atoms with Crippen molar-refractivity contribution >= 4 is 0 Å². The molecule has 3 aliphatic rings. The normalized spacial score (nSPS) is 39.0. The summed E-state index contributed by atoms with van der Waals surface area (Å²) in [5.74, 6) is 6.18. The molecule has 3 rings (SSSR count). The first-order valence-corrected chi connectivity index (χ1v) is 10.6. The van der Waals surface area contributed by atoms with E-state index in [1.165, 1.54) is 19.3 Å². The van der Waals surface area contributed by atoms with Crippen molar-refractivity contribution in [2.45, 2.75) is 90.1 Å². The van der Waals surface area contributed by atoms with Crippen molar-refractivity contribution in [3.05, 3.63) is 0 Å². The highest BCUT2D eigenvalue weighted by Gasteiger charge is 2.74. The van der Waals surface area contributed by atoms with Gasteiger partial charge in [0.2, 0.25) is 0 Å². The summed E-state index contributed by atoms with van der Waals surface area (Å²) in [5.41, 5.74) is -0.0907. The first kappa shape index (κ1) is 20.1. The number of unbranched alkanes of at least 4 members (excludes halogenated alkanes) is 4. The SMILES string of the molecule is CCCCCCC[C@H](O)C#C[C@H]1[C@H](O)CC[C@@]2(C)[C@@H]1C(C)C21OCCO1. The molecule has 1 heterocycles. The van der Waals surface area contributed by atoms with Crippen LogP contribution in [0.1, 0.15) is 72.1 Å². The molecule has 1 unspecified atom stereocenters. The second-order valence-electron chi connectivity index (χ2n) is 8.74. The highest BCUT2D eigenvalue weighted by atomic mass is 16.7. The highest BCUT2D eigenvalue weighted by molar-refractivity contribution is 5.23. The molecule has 0 aromatic carbocycles. The molecular formula is C22H36O4. The van der Waals surface area contributed by atoms with Gasteiger partial charge in [0.25, 0.3) is 0 Å². The summed E-state index contributed by atoms with van der Waals surface area (Å²) in [6, 6.07) is 0. The average Bonchev–Trinajstić information content (AvgIpc) is 3.15. The molecule has 0 aromatic rings. The molecule has 0 bridgehead atoms. The Kier molecular flexibility index (Phi) is 6.34. The maximum Gasteiger partial charge on any atom is 0.176 e. The van der Waals surface area contributed by atoms with Crippen molar-refractivity contribution in [1.29, 1.82) is 0 Å². The molecule has 3 fully saturated rings. The predicted octanol–water partition coefficient (Wildman–Crippen LogP) is 3.50. The van der Waals surface area contributed by atoms with Crippen LogP contribution in [-0.2, 0) is 9.47 Å². The zero-order chi connectivity index (χ0) is 18.8. The minimum atomic E-state index is -0.583. The van der Waals surface area contributed by atoms with E-state index in [9.17, 15) is 10.2 Å². The predicted molar refractivity (Wildman–Crippen MR) is 101 cm³/mol. The van der Waals surface area contributed by atoms with Crippen molar-refractivity contribution < 1.29 is 19.7 Å². The van der Waals surface area contributed by atoms with Crippen LogP contribution in [0, 0.1) is 35.0 Å². The zero-order valence-corrected chi connectivity index (χ0v) is 16.7. The van der Waals surface area contributed by atoms with Gasteiger partial charge < -0.3 is 19.7 Å². The van der Waals surface area contributed by atoms with Gasteiger partial charge >= 0.3 is 0 Å². The fraction of sp³-hybridized carbons (Fsp3) is 0.909. The molecule has 2 saturated carbocycles. The number of fused-ring (bicyclic) bond motifs is 2. The summed E-state index contributed by atoms with van der Waals surface area (Å²) in [6.07, 6.45) is 7.26. The largest absolute Gasteiger partial charge is 0.392 e. The molecule has 1 saturated heterocycles. The number of aliphatic hydroxyl groups is 2. The molecular weight excluding hydrogens is 328 g/mol. The van der Waals surface area contributed by atoms with Crippen molar-refractivity contribution in [2.75, 3.05) is 13.2 Å². The Morgan fingerprint density at radius 2 is 1.85 bits per heavy atom. The van der Waals surface area contributed by atoms with Crippen molar-refractivity contribution in [3.63, 3.8) is 0 Å². The second kappa shape index (κ2) is 8.19. The Hall–Kier alpha value is -0.600. The first-order chi connectivity index (χ1) is 12.5. The Morgan fingerprint density at radius 3 is 2.54 bits per heavy atom. The van der Waals surface area contributed by atoms with Crippen molar-refractivity contribution in [1.82, 2.24) is 0 Å². The van der Waals surface area contributed by atoms with Gasteiger partial charge in [-0.15, -0.1) is 0 Å². The third-order valence-corrected chi connectivity index (χ3v) is 7.14. The van der Waals surface area contributed by atoms with Crippen LogP contribution in [-0.4, -0.2) is 41.4 Å². The summed E-state index contributed by atoms with van der Waals surface area (Å²) < 4.78 is 12.1. The summed E-state index contributed by atoms with van der Waals surface area (Å²) in [6.45, 7) is 7.91. The fourth-order valence-electron chi connectivity index (χ4n) is 5.77. The topological polar surface area (TPSA) is 58.9 Å². The maximum absolute atomic E-state index is 10.6. The van der Waals surface area contributed by atoms with Crippen LogP contribution in [0.25, 0.3) is 0 Å². The minimum Gasteiger partial charge on any atom is -0.392 e. The van der Waals surface area contributed by atoms with Gasteiger partial charge in [0.15, 0.2) is 5.79 Å². The van der Waals surface area contributed by atoms with E-state index < -0.39 is 18.0 Å². The zero-order valence-electron chi connectivity index (χ0n) is 16.7. The number of hydrogen-bond donors (Lipinski definition) is 2. The molecule has 0 aromatic heterocycles. The molecule has 1 spiro atoms. The van der Waals surface area contributed by atoms with Gasteiger partial charge in [-0.05, 0) is 31.6 Å². The maximum atomic E-state index is 10.6. The van der Waals surface area contributed by atoms with E-state index >= 15 is 0 Å². The molecule has 2 aliphatic carbocycles. The van der Waals surface area contributed by atoms with Gasteiger partial charge in [-0.25, -0.2) is 0 Å². The molecule has 2 N–H and O–H groups in total. The van der Waals surface area contributed by atoms with Gasteiger partial charge in [0.1, 0.15) is 6.10 Å². The van der Waals surface area contributed by atoms with Gasteiger partial charge in [0.05, 0.1) is 25.2 Å². The molecule has 4 nitrogen and oxygen atoms in total. The second-order valence-corrected chi connectivity index (χ2v) is 8.74. The van der Waals surface area contributed by atoms with E-state index in [1.807, 2.05) is 0 Å². The van der Waals surface area contributed by atoms with Crippen molar-refractivity contribution in [3.8, 4) is 11.8 Å². The Bertz CT molecular complexity index is 530. The lowest BCUT2D eigenvalue weighted by Gasteiger charge is -2.68. The van der Waals surface area contributed by atoms with E-state index in [2.05, 4.69) is 32.6 Å². The van der Waals surface area contributed by atoms with E-state index in [-0.39, 0.29) is 23.2 Å². The van der Waals surface area contributed by atoms with Crippen molar-refractivity contribution in [2.24, 2.45) is 23.2 Å². The molecule has 0 amide bonds. The van der Waals surface area contributed by atoms with E-state index in [0.717, 1.165) is 32.1 Å². The third kappa shape index (κ3) is 3.33. The van der Waals surface area contributed by atoms with Crippen LogP contribution < -0.4 is 0 Å². The highest BCUT2D eigenvalue weighted by Crippen LogP contribution is 2.69. The van der Waals surface area contributed by atoms with Gasteiger partial charge in [-0.3, -0.25) is 0 Å². The quantitative estimate of drug-likeness (QED) is 0.559. The van der Waals surface area contributed by atoms with Gasteiger partial charge in [-0.1, -0.05) is 58.3 Å². The van der Waals surface area contributed by atoms with Crippen LogP contribution in [0.15, 0.2) is 0 Å². The van der Waals surface area contributed by atoms with Crippen LogP contribution in [0.2, 0.25) is 0 Å². The van der Waals surface area contributed by atoms with Gasteiger partial charge in [-0.2, -0.15) is 0 Å². The van der Waals surface area contributed by atoms with Crippen LogP contribution in [0.3, 0.4) is 0 Å². The average molecular weight is 365 g/mol. The Balaban J connectivity index is 1.61. The monoisotopic (exact) mass is 364 g/mol. The van der Waals surface area contributed by atoms with E-state index in [1.54, 1.807) is 0 Å². The standard InChI is InChI=1S/C22H36O4/c1-4-5-6-7-8-9-17(23)10-11-18-19(24)12-13-21(3)20(18)16(2)22(21)25-14-15-26-22/h16-20,23-24H,4-9,12-15H2,1-3H3/t16?,17-,18-,19+,20+,21-/m0/s1. The lowest BCUT2D eigenvalue weighted by atomic mass is 9.42. The van der Waals surface area contributed by atoms with Crippen LogP contribution in [0.4, 0.5) is 0 Å². The molecule has 6 atom stereocenters. The lowest BCUT2D eigenvalue weighted by Crippen LogP contribution is -2.73.